The third-order valence-corrected chi connectivity index (χ3v) is 6.05. The second-order valence-corrected chi connectivity index (χ2v) is 8.88. The van der Waals surface area contributed by atoms with Crippen molar-refractivity contribution in [2.45, 2.75) is 12.5 Å². The van der Waals surface area contributed by atoms with Gasteiger partial charge in [-0.3, -0.25) is 0 Å². The van der Waals surface area contributed by atoms with Crippen molar-refractivity contribution in [3.63, 3.8) is 0 Å². The van der Waals surface area contributed by atoms with E-state index >= 15 is 0 Å². The third kappa shape index (κ3) is 4.59. The Labute approximate surface area is 123 Å². The number of benzene rings is 1. The van der Waals surface area contributed by atoms with Gasteiger partial charge in [-0.15, -0.1) is 0 Å². The highest BCUT2D eigenvalue weighted by molar-refractivity contribution is 7.93. The molecule has 1 N–H and O–H groups in total. The van der Waals surface area contributed by atoms with Gasteiger partial charge in [0.15, 0.2) is 9.84 Å². The summed E-state index contributed by atoms with van der Waals surface area (Å²) in [4.78, 5) is 0. The van der Waals surface area contributed by atoms with Crippen LogP contribution in [0.3, 0.4) is 0 Å². The molecule has 1 aliphatic rings. The minimum atomic E-state index is -3.65. The summed E-state index contributed by atoms with van der Waals surface area (Å²) in [6.45, 7) is 0. The van der Waals surface area contributed by atoms with Crippen molar-refractivity contribution in [2.24, 2.45) is 0 Å². The smallest absolute Gasteiger partial charge is 0.229 e. The van der Waals surface area contributed by atoms with Crippen LogP contribution in [-0.2, 0) is 19.9 Å². The number of sulfonamides is 1. The highest BCUT2D eigenvalue weighted by Crippen LogP contribution is 2.14. The van der Waals surface area contributed by atoms with Crippen molar-refractivity contribution in [2.75, 3.05) is 11.5 Å². The molecule has 1 saturated heterocycles. The maximum Gasteiger partial charge on any atom is 0.234 e. The van der Waals surface area contributed by atoms with Gasteiger partial charge in [-0.2, -0.15) is 0 Å². The topological polar surface area (TPSA) is 80.3 Å². The van der Waals surface area contributed by atoms with Gasteiger partial charge in [0, 0.05) is 16.5 Å². The summed E-state index contributed by atoms with van der Waals surface area (Å²) in [5, 5.41) is 1.60. The van der Waals surface area contributed by atoms with Crippen molar-refractivity contribution in [3.05, 3.63) is 40.3 Å². The monoisotopic (exact) mass is 335 g/mol. The summed E-state index contributed by atoms with van der Waals surface area (Å²) in [6.07, 6.45) is 1.75. The fourth-order valence-corrected chi connectivity index (χ4v) is 4.89. The van der Waals surface area contributed by atoms with E-state index in [1.54, 1.807) is 24.3 Å². The fraction of sp³-hybridized carbons (Fsp3) is 0.333. The van der Waals surface area contributed by atoms with Gasteiger partial charge in [0.1, 0.15) is 0 Å². The van der Waals surface area contributed by atoms with Gasteiger partial charge < -0.3 is 0 Å². The Balaban J connectivity index is 2.02. The van der Waals surface area contributed by atoms with Crippen molar-refractivity contribution in [1.82, 2.24) is 4.72 Å². The minimum absolute atomic E-state index is 0.0289. The summed E-state index contributed by atoms with van der Waals surface area (Å²) < 4.78 is 48.6. The van der Waals surface area contributed by atoms with Gasteiger partial charge in [0.05, 0.1) is 11.5 Å². The summed E-state index contributed by atoms with van der Waals surface area (Å²) in [5.74, 6) is -0.109. The average Bonchev–Trinajstić information content (AvgIpc) is 2.67. The van der Waals surface area contributed by atoms with Crippen LogP contribution in [0.1, 0.15) is 12.0 Å². The first-order valence-electron chi connectivity index (χ1n) is 5.92. The van der Waals surface area contributed by atoms with Crippen LogP contribution >= 0.6 is 11.6 Å². The maximum atomic E-state index is 11.8. The molecule has 0 spiro atoms. The molecule has 1 fully saturated rings. The zero-order valence-corrected chi connectivity index (χ0v) is 12.9. The van der Waals surface area contributed by atoms with Gasteiger partial charge in [0.2, 0.25) is 10.0 Å². The molecule has 20 heavy (non-hydrogen) atoms. The SMILES string of the molecule is O=S1(=O)CCC(NS(=O)(=O)/C=C/c2ccc(Cl)cc2)C1. The lowest BCUT2D eigenvalue weighted by Crippen LogP contribution is -2.34. The van der Waals surface area contributed by atoms with Crippen molar-refractivity contribution in [3.8, 4) is 0 Å². The molecule has 0 saturated carbocycles. The molecule has 110 valence electrons. The first-order chi connectivity index (χ1) is 9.26. The van der Waals surface area contributed by atoms with E-state index in [4.69, 9.17) is 11.6 Å². The van der Waals surface area contributed by atoms with E-state index in [1.807, 2.05) is 0 Å². The molecule has 1 aromatic carbocycles. The summed E-state index contributed by atoms with van der Waals surface area (Å²) in [7, 11) is -6.76. The Morgan fingerprint density at radius 3 is 2.45 bits per heavy atom. The molecule has 0 aliphatic carbocycles. The lowest BCUT2D eigenvalue weighted by atomic mass is 10.2. The minimum Gasteiger partial charge on any atom is -0.229 e. The molecule has 2 rings (SSSR count). The van der Waals surface area contributed by atoms with Gasteiger partial charge >= 0.3 is 0 Å². The largest absolute Gasteiger partial charge is 0.234 e. The van der Waals surface area contributed by atoms with Crippen molar-refractivity contribution < 1.29 is 16.8 Å². The van der Waals surface area contributed by atoms with Crippen molar-refractivity contribution >= 4 is 37.5 Å². The average molecular weight is 336 g/mol. The molecule has 0 aromatic heterocycles. The predicted octanol–water partition coefficient (Wildman–Crippen LogP) is 1.42. The zero-order chi connectivity index (χ0) is 14.8. The molecule has 8 heteroatoms. The lowest BCUT2D eigenvalue weighted by molar-refractivity contribution is 0.571. The lowest BCUT2D eigenvalue weighted by Gasteiger charge is -2.08. The summed E-state index contributed by atoms with van der Waals surface area (Å²) in [6, 6.07) is 6.15. The number of nitrogens with one attached hydrogen (secondary N) is 1. The molecule has 5 nitrogen and oxygen atoms in total. The predicted molar refractivity (Wildman–Crippen MR) is 79.6 cm³/mol. The molecular weight excluding hydrogens is 322 g/mol. The van der Waals surface area contributed by atoms with Crippen LogP contribution < -0.4 is 4.72 Å². The van der Waals surface area contributed by atoms with E-state index in [0.29, 0.717) is 17.0 Å². The molecule has 1 heterocycles. The Hall–Kier alpha value is -0.890. The summed E-state index contributed by atoms with van der Waals surface area (Å²) in [5.41, 5.74) is 0.693. The van der Waals surface area contributed by atoms with E-state index in [0.717, 1.165) is 5.41 Å². The summed E-state index contributed by atoms with van der Waals surface area (Å²) >= 11 is 5.73. The van der Waals surface area contributed by atoms with Crippen LogP contribution in [0.2, 0.25) is 5.02 Å². The second-order valence-electron chi connectivity index (χ2n) is 4.62. The number of rotatable bonds is 4. The molecule has 1 aliphatic heterocycles. The first-order valence-corrected chi connectivity index (χ1v) is 9.67. The Morgan fingerprint density at radius 2 is 1.90 bits per heavy atom. The van der Waals surface area contributed by atoms with Gasteiger partial charge in [-0.1, -0.05) is 23.7 Å². The van der Waals surface area contributed by atoms with Crippen LogP contribution in [0.4, 0.5) is 0 Å². The van der Waals surface area contributed by atoms with Crippen LogP contribution in [0.15, 0.2) is 29.7 Å². The van der Waals surface area contributed by atoms with E-state index in [9.17, 15) is 16.8 Å². The van der Waals surface area contributed by atoms with Gasteiger partial charge in [-0.25, -0.2) is 21.6 Å². The Bertz CT molecular complexity index is 708. The normalized spacial score (nSPS) is 22.4. The second kappa shape index (κ2) is 5.85. The third-order valence-electron chi connectivity index (χ3n) is 2.87. The number of hydrogen-bond acceptors (Lipinski definition) is 4. The first kappa shape index (κ1) is 15.5. The van der Waals surface area contributed by atoms with E-state index in [-0.39, 0.29) is 11.5 Å². The van der Waals surface area contributed by atoms with E-state index < -0.39 is 25.9 Å². The van der Waals surface area contributed by atoms with E-state index in [1.165, 1.54) is 6.08 Å². The van der Waals surface area contributed by atoms with Crippen LogP contribution in [0, 0.1) is 0 Å². The van der Waals surface area contributed by atoms with Crippen LogP contribution in [0.5, 0.6) is 0 Å². The van der Waals surface area contributed by atoms with Crippen molar-refractivity contribution in [1.29, 1.82) is 0 Å². The van der Waals surface area contributed by atoms with Gasteiger partial charge in [-0.05, 0) is 30.2 Å². The fourth-order valence-electron chi connectivity index (χ4n) is 1.90. The highest BCUT2D eigenvalue weighted by atomic mass is 35.5. The quantitative estimate of drug-likeness (QED) is 0.902. The van der Waals surface area contributed by atoms with Crippen LogP contribution in [0.25, 0.3) is 6.08 Å². The Kier molecular flexibility index (Phi) is 4.53. The molecular formula is C12H14ClNO4S2. The zero-order valence-electron chi connectivity index (χ0n) is 10.5. The molecule has 0 bridgehead atoms. The highest BCUT2D eigenvalue weighted by Gasteiger charge is 2.30. The molecule has 0 radical (unpaired) electrons. The number of hydrogen-bond donors (Lipinski definition) is 1. The number of halogens is 1. The molecule has 0 amide bonds. The van der Waals surface area contributed by atoms with E-state index in [2.05, 4.69) is 4.72 Å². The standard InChI is InChI=1S/C12H14ClNO4S2/c13-11-3-1-10(2-4-11)5-8-20(17,18)14-12-6-7-19(15,16)9-12/h1-5,8,12,14H,6-7,9H2/b8-5+. The number of sulfone groups is 1. The molecule has 1 atom stereocenters. The maximum absolute atomic E-state index is 11.8. The molecule has 1 aromatic rings. The van der Waals surface area contributed by atoms with Crippen LogP contribution in [-0.4, -0.2) is 34.4 Å². The Morgan fingerprint density at radius 1 is 1.25 bits per heavy atom. The molecule has 1 unspecified atom stereocenters. The van der Waals surface area contributed by atoms with Gasteiger partial charge in [0.25, 0.3) is 0 Å².